The minimum absolute atomic E-state index is 0.0292. The topological polar surface area (TPSA) is 76.5 Å². The van der Waals surface area contributed by atoms with Crippen LogP contribution in [-0.4, -0.2) is 16.1 Å². The summed E-state index contributed by atoms with van der Waals surface area (Å²) in [6.07, 6.45) is 2.48. The van der Waals surface area contributed by atoms with Gasteiger partial charge in [-0.2, -0.15) is 0 Å². The first kappa shape index (κ1) is 15.6. The highest BCUT2D eigenvalue weighted by Gasteiger charge is 2.34. The van der Waals surface area contributed by atoms with Gasteiger partial charge in [-0.25, -0.2) is 0 Å². The lowest BCUT2D eigenvalue weighted by Crippen LogP contribution is -2.25. The number of benzene rings is 2. The SMILES string of the molecule is O=[N+]([O-])c1cccc([C@@H]2c3c(coc3-c3ccccc3)CC[C@H]2O)c1. The van der Waals surface area contributed by atoms with Crippen molar-refractivity contribution in [2.24, 2.45) is 0 Å². The number of fused-ring (bicyclic) bond motifs is 1. The van der Waals surface area contributed by atoms with Crippen molar-refractivity contribution < 1.29 is 14.4 Å². The second-order valence-corrected chi connectivity index (χ2v) is 6.31. The van der Waals surface area contributed by atoms with Crippen LogP contribution in [0.5, 0.6) is 0 Å². The molecular weight excluding hydrogens is 318 g/mol. The summed E-state index contributed by atoms with van der Waals surface area (Å²) in [4.78, 5) is 10.7. The molecule has 0 radical (unpaired) electrons. The van der Waals surface area contributed by atoms with Crippen molar-refractivity contribution in [1.82, 2.24) is 0 Å². The Labute approximate surface area is 144 Å². The van der Waals surface area contributed by atoms with Crippen molar-refractivity contribution in [2.45, 2.75) is 24.9 Å². The largest absolute Gasteiger partial charge is 0.464 e. The summed E-state index contributed by atoms with van der Waals surface area (Å²) in [5.74, 6) is 0.392. The molecule has 0 amide bonds. The van der Waals surface area contributed by atoms with E-state index in [1.54, 1.807) is 18.4 Å². The van der Waals surface area contributed by atoms with Crippen LogP contribution in [0.25, 0.3) is 11.3 Å². The summed E-state index contributed by atoms with van der Waals surface area (Å²) < 4.78 is 5.84. The van der Waals surface area contributed by atoms with Crippen molar-refractivity contribution in [3.05, 3.63) is 87.7 Å². The standard InChI is InChI=1S/C20H17NO4/c22-17-10-9-15-12-25-20(13-5-2-1-3-6-13)19(15)18(17)14-7-4-8-16(11-14)21(23)24/h1-8,11-12,17-18,22H,9-10H2/t17-,18+/m1/s1. The molecule has 2 atom stereocenters. The van der Waals surface area contributed by atoms with E-state index in [9.17, 15) is 15.2 Å². The van der Waals surface area contributed by atoms with Gasteiger partial charge >= 0.3 is 0 Å². The Morgan fingerprint density at radius 3 is 2.68 bits per heavy atom. The van der Waals surface area contributed by atoms with Crippen LogP contribution in [0.2, 0.25) is 0 Å². The molecule has 126 valence electrons. The highest BCUT2D eigenvalue weighted by molar-refractivity contribution is 5.66. The zero-order chi connectivity index (χ0) is 17.4. The highest BCUT2D eigenvalue weighted by Crippen LogP contribution is 2.44. The van der Waals surface area contributed by atoms with Crippen LogP contribution in [0.15, 0.2) is 65.3 Å². The fraction of sp³-hybridized carbons (Fsp3) is 0.200. The summed E-state index contributed by atoms with van der Waals surface area (Å²) >= 11 is 0. The first-order valence-corrected chi connectivity index (χ1v) is 8.23. The summed E-state index contributed by atoms with van der Waals surface area (Å²) in [5.41, 5.74) is 3.70. The Balaban J connectivity index is 1.87. The van der Waals surface area contributed by atoms with Gasteiger partial charge in [0, 0.05) is 29.2 Å². The molecule has 2 aromatic carbocycles. The maximum Gasteiger partial charge on any atom is 0.269 e. The van der Waals surface area contributed by atoms with E-state index in [1.807, 2.05) is 36.4 Å². The number of furan rings is 1. The van der Waals surface area contributed by atoms with E-state index in [1.165, 1.54) is 6.07 Å². The van der Waals surface area contributed by atoms with E-state index >= 15 is 0 Å². The average molecular weight is 335 g/mol. The Hall–Kier alpha value is -2.92. The fourth-order valence-electron chi connectivity index (χ4n) is 3.63. The summed E-state index contributed by atoms with van der Waals surface area (Å²) in [5, 5.41) is 21.8. The normalized spacial score (nSPS) is 19.4. The average Bonchev–Trinajstić information content (AvgIpc) is 3.06. The molecule has 5 heteroatoms. The lowest BCUT2D eigenvalue weighted by Gasteiger charge is -2.29. The molecule has 0 aliphatic heterocycles. The lowest BCUT2D eigenvalue weighted by molar-refractivity contribution is -0.384. The molecule has 1 aliphatic carbocycles. The van der Waals surface area contributed by atoms with Gasteiger partial charge in [0.15, 0.2) is 0 Å². The number of non-ortho nitro benzene ring substituents is 1. The van der Waals surface area contributed by atoms with Crippen LogP contribution in [0.1, 0.15) is 29.0 Å². The molecular formula is C20H17NO4. The second kappa shape index (κ2) is 6.18. The second-order valence-electron chi connectivity index (χ2n) is 6.31. The van der Waals surface area contributed by atoms with E-state index in [2.05, 4.69) is 0 Å². The number of nitro benzene ring substituents is 1. The molecule has 1 N–H and O–H groups in total. The van der Waals surface area contributed by atoms with Gasteiger partial charge in [0.2, 0.25) is 0 Å². The molecule has 0 spiro atoms. The van der Waals surface area contributed by atoms with E-state index in [0.29, 0.717) is 6.42 Å². The van der Waals surface area contributed by atoms with Crippen molar-refractivity contribution in [1.29, 1.82) is 0 Å². The molecule has 0 saturated heterocycles. The first-order chi connectivity index (χ1) is 12.1. The van der Waals surface area contributed by atoms with E-state index in [-0.39, 0.29) is 11.6 Å². The molecule has 0 saturated carbocycles. The fourth-order valence-corrected chi connectivity index (χ4v) is 3.63. The Kier molecular flexibility index (Phi) is 3.86. The Bertz CT molecular complexity index is 916. The third-order valence-electron chi connectivity index (χ3n) is 4.79. The minimum Gasteiger partial charge on any atom is -0.464 e. The Morgan fingerprint density at radius 1 is 1.12 bits per heavy atom. The van der Waals surface area contributed by atoms with Crippen LogP contribution < -0.4 is 0 Å². The van der Waals surface area contributed by atoms with Crippen LogP contribution >= 0.6 is 0 Å². The van der Waals surface area contributed by atoms with Gasteiger partial charge < -0.3 is 9.52 Å². The van der Waals surface area contributed by atoms with Gasteiger partial charge in [0.05, 0.1) is 17.3 Å². The maximum absolute atomic E-state index is 11.1. The van der Waals surface area contributed by atoms with Crippen molar-refractivity contribution in [2.75, 3.05) is 0 Å². The molecule has 1 heterocycles. The summed E-state index contributed by atoms with van der Waals surface area (Å²) in [6.45, 7) is 0. The number of aryl methyl sites for hydroxylation is 1. The maximum atomic E-state index is 11.1. The first-order valence-electron chi connectivity index (χ1n) is 8.23. The monoisotopic (exact) mass is 335 g/mol. The molecule has 1 aliphatic rings. The van der Waals surface area contributed by atoms with E-state index < -0.39 is 11.0 Å². The molecule has 0 unspecified atom stereocenters. The van der Waals surface area contributed by atoms with Crippen LogP contribution in [0, 0.1) is 10.1 Å². The van der Waals surface area contributed by atoms with Gasteiger partial charge in [-0.05, 0) is 24.0 Å². The van der Waals surface area contributed by atoms with Crippen LogP contribution in [0.4, 0.5) is 5.69 Å². The number of aliphatic hydroxyl groups excluding tert-OH is 1. The van der Waals surface area contributed by atoms with Crippen molar-refractivity contribution >= 4 is 5.69 Å². The van der Waals surface area contributed by atoms with Gasteiger partial charge in [-0.15, -0.1) is 0 Å². The Morgan fingerprint density at radius 2 is 1.92 bits per heavy atom. The minimum atomic E-state index is -0.602. The molecule has 5 nitrogen and oxygen atoms in total. The number of rotatable bonds is 3. The molecule has 1 aromatic heterocycles. The summed E-state index contributed by atoms with van der Waals surface area (Å²) in [7, 11) is 0. The van der Waals surface area contributed by atoms with Gasteiger partial charge in [-0.3, -0.25) is 10.1 Å². The van der Waals surface area contributed by atoms with Crippen molar-refractivity contribution in [3.63, 3.8) is 0 Å². The van der Waals surface area contributed by atoms with Crippen LogP contribution in [0.3, 0.4) is 0 Å². The number of nitro groups is 1. The smallest absolute Gasteiger partial charge is 0.269 e. The van der Waals surface area contributed by atoms with E-state index in [4.69, 9.17) is 4.42 Å². The molecule has 25 heavy (non-hydrogen) atoms. The van der Waals surface area contributed by atoms with Crippen molar-refractivity contribution in [3.8, 4) is 11.3 Å². The van der Waals surface area contributed by atoms with Crippen LogP contribution in [-0.2, 0) is 6.42 Å². The molecule has 3 aromatic rings. The zero-order valence-electron chi connectivity index (χ0n) is 13.5. The number of aliphatic hydroxyl groups is 1. The molecule has 0 bridgehead atoms. The number of nitrogens with zero attached hydrogens (tertiary/aromatic N) is 1. The number of hydrogen-bond donors (Lipinski definition) is 1. The van der Waals surface area contributed by atoms with Gasteiger partial charge in [0.25, 0.3) is 5.69 Å². The quantitative estimate of drug-likeness (QED) is 0.572. The third kappa shape index (κ3) is 2.72. The zero-order valence-corrected chi connectivity index (χ0v) is 13.5. The predicted octanol–water partition coefficient (Wildman–Crippen LogP) is 4.29. The third-order valence-corrected chi connectivity index (χ3v) is 4.79. The molecule has 0 fully saturated rings. The van der Waals surface area contributed by atoms with Gasteiger partial charge in [-0.1, -0.05) is 42.5 Å². The lowest BCUT2D eigenvalue weighted by atomic mass is 9.77. The molecule has 4 rings (SSSR count). The predicted molar refractivity (Wildman–Crippen MR) is 93.4 cm³/mol. The summed E-state index contributed by atoms with van der Waals surface area (Å²) in [6, 6.07) is 16.2. The number of hydrogen-bond acceptors (Lipinski definition) is 4. The van der Waals surface area contributed by atoms with Gasteiger partial charge in [0.1, 0.15) is 5.76 Å². The highest BCUT2D eigenvalue weighted by atomic mass is 16.6. The van der Waals surface area contributed by atoms with E-state index in [0.717, 1.165) is 34.4 Å².